The van der Waals surface area contributed by atoms with Crippen LogP contribution in [0.1, 0.15) is 33.8 Å². The summed E-state index contributed by atoms with van der Waals surface area (Å²) in [5, 5.41) is 6.83. The Balaban J connectivity index is 1.50. The third-order valence-electron chi connectivity index (χ3n) is 4.69. The molecule has 0 bridgehead atoms. The van der Waals surface area contributed by atoms with E-state index in [0.29, 0.717) is 47.5 Å². The Labute approximate surface area is 168 Å². The van der Waals surface area contributed by atoms with Gasteiger partial charge in [-0.3, -0.25) is 4.79 Å². The third kappa shape index (κ3) is 4.18. The highest BCUT2D eigenvalue weighted by molar-refractivity contribution is 6.06. The molecule has 3 aromatic rings. The van der Waals surface area contributed by atoms with Gasteiger partial charge in [0.2, 0.25) is 0 Å². The van der Waals surface area contributed by atoms with E-state index in [-0.39, 0.29) is 12.5 Å². The molecule has 150 valence electrons. The van der Waals surface area contributed by atoms with Crippen molar-refractivity contribution in [3.05, 3.63) is 65.0 Å². The molecule has 0 spiro atoms. The van der Waals surface area contributed by atoms with Gasteiger partial charge in [-0.25, -0.2) is 0 Å². The van der Waals surface area contributed by atoms with Gasteiger partial charge in [-0.1, -0.05) is 17.3 Å². The van der Waals surface area contributed by atoms with Crippen LogP contribution in [0, 0.1) is 13.8 Å². The van der Waals surface area contributed by atoms with E-state index in [1.54, 1.807) is 36.4 Å². The second kappa shape index (κ2) is 8.26. The number of hydrogen-bond donors (Lipinski definition) is 1. The van der Waals surface area contributed by atoms with Crippen LogP contribution >= 0.6 is 0 Å². The minimum Gasteiger partial charge on any atom is -0.490 e. The highest BCUT2D eigenvalue weighted by Crippen LogP contribution is 2.32. The van der Waals surface area contributed by atoms with Gasteiger partial charge in [-0.2, -0.15) is 0 Å². The number of para-hydroxylation sites is 1. The number of carbonyl (C=O) groups excluding carboxylic acids is 1. The Morgan fingerprint density at radius 2 is 1.90 bits per heavy atom. The molecular weight excluding hydrogens is 372 g/mol. The number of aryl methyl sites for hydroxylation is 2. The maximum Gasteiger partial charge on any atom is 0.259 e. The maximum atomic E-state index is 12.9. The highest BCUT2D eigenvalue weighted by atomic mass is 16.5. The molecule has 0 radical (unpaired) electrons. The number of amides is 1. The molecule has 0 aliphatic carbocycles. The van der Waals surface area contributed by atoms with Gasteiger partial charge in [0, 0.05) is 18.2 Å². The molecule has 4 rings (SSSR count). The van der Waals surface area contributed by atoms with E-state index in [1.165, 1.54) is 0 Å². The van der Waals surface area contributed by atoms with E-state index in [0.717, 1.165) is 17.7 Å². The van der Waals surface area contributed by atoms with Crippen LogP contribution in [0.25, 0.3) is 0 Å². The fourth-order valence-corrected chi connectivity index (χ4v) is 3.08. The summed E-state index contributed by atoms with van der Waals surface area (Å²) in [4.78, 5) is 12.9. The van der Waals surface area contributed by atoms with Gasteiger partial charge in [0.05, 0.1) is 30.0 Å². The van der Waals surface area contributed by atoms with Crippen molar-refractivity contribution in [1.29, 1.82) is 0 Å². The molecule has 0 saturated heterocycles. The molecule has 1 N–H and O–H groups in total. The van der Waals surface area contributed by atoms with Crippen LogP contribution in [-0.4, -0.2) is 24.3 Å². The first kappa shape index (κ1) is 18.9. The lowest BCUT2D eigenvalue weighted by molar-refractivity contribution is 0.102. The number of ether oxygens (including phenoxy) is 3. The van der Waals surface area contributed by atoms with Gasteiger partial charge in [-0.05, 0) is 38.1 Å². The summed E-state index contributed by atoms with van der Waals surface area (Å²) in [5.74, 6) is 2.23. The summed E-state index contributed by atoms with van der Waals surface area (Å²) < 4.78 is 22.4. The summed E-state index contributed by atoms with van der Waals surface area (Å²) in [6.45, 7) is 5.17. The second-order valence-electron chi connectivity index (χ2n) is 6.75. The number of anilines is 1. The van der Waals surface area contributed by atoms with Crippen LogP contribution in [0.2, 0.25) is 0 Å². The van der Waals surface area contributed by atoms with Crippen molar-refractivity contribution in [3.8, 4) is 17.2 Å². The van der Waals surface area contributed by atoms with Gasteiger partial charge < -0.3 is 24.1 Å². The van der Waals surface area contributed by atoms with Crippen molar-refractivity contribution in [2.45, 2.75) is 26.9 Å². The molecule has 0 atom stereocenters. The second-order valence-corrected chi connectivity index (χ2v) is 6.75. The van der Waals surface area contributed by atoms with Crippen LogP contribution in [0.4, 0.5) is 5.69 Å². The van der Waals surface area contributed by atoms with E-state index in [2.05, 4.69) is 10.5 Å². The lowest BCUT2D eigenvalue weighted by Gasteiger charge is -2.13. The Morgan fingerprint density at radius 1 is 1.10 bits per heavy atom. The molecule has 1 amide bonds. The first-order valence-corrected chi connectivity index (χ1v) is 9.46. The largest absolute Gasteiger partial charge is 0.490 e. The Morgan fingerprint density at radius 3 is 2.69 bits per heavy atom. The van der Waals surface area contributed by atoms with Gasteiger partial charge in [0.25, 0.3) is 5.91 Å². The molecule has 0 saturated carbocycles. The zero-order chi connectivity index (χ0) is 20.2. The fourth-order valence-electron chi connectivity index (χ4n) is 3.08. The predicted molar refractivity (Wildman–Crippen MR) is 107 cm³/mol. The van der Waals surface area contributed by atoms with E-state index >= 15 is 0 Å². The number of nitrogens with one attached hydrogen (secondary N) is 1. The van der Waals surface area contributed by atoms with E-state index in [9.17, 15) is 4.79 Å². The molecule has 2 aromatic carbocycles. The molecule has 1 aliphatic heterocycles. The maximum absolute atomic E-state index is 12.9. The van der Waals surface area contributed by atoms with E-state index < -0.39 is 0 Å². The zero-order valence-corrected chi connectivity index (χ0v) is 16.4. The SMILES string of the molecule is Cc1noc(C)c1COc1ccccc1C(=O)Nc1ccc2c(c1)OCCCO2. The molecule has 2 heterocycles. The van der Waals surface area contributed by atoms with E-state index in [4.69, 9.17) is 18.7 Å². The topological polar surface area (TPSA) is 82.8 Å². The molecule has 29 heavy (non-hydrogen) atoms. The third-order valence-corrected chi connectivity index (χ3v) is 4.69. The number of carbonyl (C=O) groups is 1. The lowest BCUT2D eigenvalue weighted by atomic mass is 10.1. The number of fused-ring (bicyclic) bond motifs is 1. The van der Waals surface area contributed by atoms with Gasteiger partial charge in [-0.15, -0.1) is 0 Å². The number of nitrogens with zero attached hydrogens (tertiary/aromatic N) is 1. The number of aromatic nitrogens is 1. The molecule has 1 aromatic heterocycles. The number of benzene rings is 2. The summed E-state index contributed by atoms with van der Waals surface area (Å²) in [7, 11) is 0. The minimum absolute atomic E-state index is 0.270. The van der Waals surface area contributed by atoms with Crippen molar-refractivity contribution in [1.82, 2.24) is 5.16 Å². The summed E-state index contributed by atoms with van der Waals surface area (Å²) in [5.41, 5.74) is 2.71. The Hall–Kier alpha value is -3.48. The average Bonchev–Trinajstić information content (AvgIpc) is 2.91. The fraction of sp³-hybridized carbons (Fsp3) is 0.273. The highest BCUT2D eigenvalue weighted by Gasteiger charge is 2.16. The van der Waals surface area contributed by atoms with Crippen molar-refractivity contribution in [2.24, 2.45) is 0 Å². The van der Waals surface area contributed by atoms with Crippen molar-refractivity contribution in [2.75, 3.05) is 18.5 Å². The smallest absolute Gasteiger partial charge is 0.259 e. The Kier molecular flexibility index (Phi) is 5.37. The normalized spacial score (nSPS) is 12.9. The monoisotopic (exact) mass is 394 g/mol. The standard InChI is InChI=1S/C22H22N2O5/c1-14-18(15(2)29-24-14)13-28-19-7-4-3-6-17(19)22(25)23-16-8-9-20-21(12-16)27-11-5-10-26-20/h3-4,6-9,12H,5,10-11,13H2,1-2H3,(H,23,25). The minimum atomic E-state index is -0.270. The van der Waals surface area contributed by atoms with E-state index in [1.807, 2.05) is 19.9 Å². The summed E-state index contributed by atoms with van der Waals surface area (Å²) >= 11 is 0. The quantitative estimate of drug-likeness (QED) is 0.695. The van der Waals surface area contributed by atoms with Crippen LogP contribution in [0.3, 0.4) is 0 Å². The van der Waals surface area contributed by atoms with Crippen LogP contribution in [0.5, 0.6) is 17.2 Å². The van der Waals surface area contributed by atoms with Gasteiger partial charge in [0.1, 0.15) is 18.1 Å². The lowest BCUT2D eigenvalue weighted by Crippen LogP contribution is -2.14. The summed E-state index contributed by atoms with van der Waals surface area (Å²) in [6, 6.07) is 12.5. The molecule has 7 nitrogen and oxygen atoms in total. The molecule has 1 aliphatic rings. The predicted octanol–water partition coefficient (Wildman–Crippen LogP) is 4.28. The average molecular weight is 394 g/mol. The first-order chi connectivity index (χ1) is 14.1. The molecule has 0 fully saturated rings. The van der Waals surface area contributed by atoms with Crippen molar-refractivity contribution < 1.29 is 23.5 Å². The van der Waals surface area contributed by atoms with Crippen molar-refractivity contribution in [3.63, 3.8) is 0 Å². The zero-order valence-electron chi connectivity index (χ0n) is 16.4. The Bertz CT molecular complexity index is 1010. The van der Waals surface area contributed by atoms with Crippen LogP contribution in [0.15, 0.2) is 47.0 Å². The van der Waals surface area contributed by atoms with Crippen molar-refractivity contribution >= 4 is 11.6 Å². The van der Waals surface area contributed by atoms with Crippen LogP contribution in [-0.2, 0) is 6.61 Å². The van der Waals surface area contributed by atoms with Gasteiger partial charge >= 0.3 is 0 Å². The summed E-state index contributed by atoms with van der Waals surface area (Å²) in [6.07, 6.45) is 0.826. The number of hydrogen-bond acceptors (Lipinski definition) is 6. The van der Waals surface area contributed by atoms with Crippen LogP contribution < -0.4 is 19.5 Å². The first-order valence-electron chi connectivity index (χ1n) is 9.46. The molecule has 0 unspecified atom stereocenters. The molecular formula is C22H22N2O5. The molecule has 7 heteroatoms. The van der Waals surface area contributed by atoms with Gasteiger partial charge in [0.15, 0.2) is 11.5 Å². The number of rotatable bonds is 5.